The third-order valence-corrected chi connectivity index (χ3v) is 3.11. The standard InChI is InChI=1S/C18H17NO/c1-14-10-11-17(13-15(14)2)18(20)19-12-6-9-16-7-4-3-5-8-16/h3-5,7-8,10-11,13H,12H2,1-2H3,(H,19,20). The molecule has 2 nitrogen and oxygen atoms in total. The summed E-state index contributed by atoms with van der Waals surface area (Å²) < 4.78 is 0. The van der Waals surface area contributed by atoms with E-state index >= 15 is 0 Å². The molecule has 1 N–H and O–H groups in total. The maximum atomic E-state index is 11.9. The number of nitrogens with one attached hydrogen (secondary N) is 1. The minimum Gasteiger partial charge on any atom is -0.341 e. The van der Waals surface area contributed by atoms with Crippen LogP contribution in [0.5, 0.6) is 0 Å². The maximum absolute atomic E-state index is 11.9. The number of aryl methyl sites for hydroxylation is 2. The van der Waals surface area contributed by atoms with E-state index in [4.69, 9.17) is 0 Å². The molecular formula is C18H17NO. The number of benzene rings is 2. The Morgan fingerprint density at radius 3 is 2.50 bits per heavy atom. The zero-order valence-electron chi connectivity index (χ0n) is 11.7. The third kappa shape index (κ3) is 3.73. The second kappa shape index (κ2) is 6.58. The second-order valence-corrected chi connectivity index (χ2v) is 4.65. The van der Waals surface area contributed by atoms with Crippen molar-refractivity contribution < 1.29 is 4.79 Å². The van der Waals surface area contributed by atoms with Gasteiger partial charge in [-0.15, -0.1) is 0 Å². The molecule has 0 spiro atoms. The van der Waals surface area contributed by atoms with Crippen LogP contribution in [0.15, 0.2) is 48.5 Å². The SMILES string of the molecule is Cc1ccc(C(=O)NCC#Cc2ccccc2)cc1C. The molecule has 0 aromatic heterocycles. The van der Waals surface area contributed by atoms with Crippen molar-refractivity contribution >= 4 is 5.91 Å². The third-order valence-electron chi connectivity index (χ3n) is 3.11. The van der Waals surface area contributed by atoms with E-state index in [1.165, 1.54) is 5.56 Å². The molecule has 0 aliphatic heterocycles. The van der Waals surface area contributed by atoms with Crippen LogP contribution in [0, 0.1) is 25.7 Å². The molecule has 20 heavy (non-hydrogen) atoms. The van der Waals surface area contributed by atoms with E-state index in [0.717, 1.165) is 11.1 Å². The van der Waals surface area contributed by atoms with Crippen molar-refractivity contribution in [3.05, 3.63) is 70.8 Å². The molecule has 2 heteroatoms. The van der Waals surface area contributed by atoms with E-state index < -0.39 is 0 Å². The van der Waals surface area contributed by atoms with Gasteiger partial charge in [-0.1, -0.05) is 36.1 Å². The highest BCUT2D eigenvalue weighted by Crippen LogP contribution is 2.09. The lowest BCUT2D eigenvalue weighted by atomic mass is 10.1. The number of rotatable bonds is 2. The van der Waals surface area contributed by atoms with E-state index in [1.807, 2.05) is 62.4 Å². The van der Waals surface area contributed by atoms with Crippen LogP contribution in [0.2, 0.25) is 0 Å². The lowest BCUT2D eigenvalue weighted by molar-refractivity contribution is 0.0958. The number of hydrogen-bond donors (Lipinski definition) is 1. The van der Waals surface area contributed by atoms with Crippen LogP contribution < -0.4 is 5.32 Å². The lowest BCUT2D eigenvalue weighted by Crippen LogP contribution is -2.23. The first kappa shape index (κ1) is 13.9. The molecule has 0 aliphatic rings. The highest BCUT2D eigenvalue weighted by atomic mass is 16.1. The average molecular weight is 263 g/mol. The molecule has 0 radical (unpaired) electrons. The molecule has 0 saturated heterocycles. The molecular weight excluding hydrogens is 246 g/mol. The Bertz CT molecular complexity index is 663. The van der Waals surface area contributed by atoms with Crippen molar-refractivity contribution in [1.29, 1.82) is 0 Å². The predicted octanol–water partition coefficient (Wildman–Crippen LogP) is 3.08. The summed E-state index contributed by atoms with van der Waals surface area (Å²) in [4.78, 5) is 11.9. The lowest BCUT2D eigenvalue weighted by Gasteiger charge is -2.04. The fourth-order valence-corrected chi connectivity index (χ4v) is 1.78. The summed E-state index contributed by atoms with van der Waals surface area (Å²) in [6, 6.07) is 15.4. The Morgan fingerprint density at radius 2 is 1.80 bits per heavy atom. The molecule has 100 valence electrons. The summed E-state index contributed by atoms with van der Waals surface area (Å²) in [6.45, 7) is 4.38. The largest absolute Gasteiger partial charge is 0.341 e. The van der Waals surface area contributed by atoms with Crippen molar-refractivity contribution in [2.75, 3.05) is 6.54 Å². The normalized spacial score (nSPS) is 9.50. The number of carbonyl (C=O) groups excluding carboxylic acids is 1. The summed E-state index contributed by atoms with van der Waals surface area (Å²) in [5, 5.41) is 2.80. The summed E-state index contributed by atoms with van der Waals surface area (Å²) in [7, 11) is 0. The van der Waals surface area contributed by atoms with E-state index in [9.17, 15) is 4.79 Å². The van der Waals surface area contributed by atoms with E-state index in [2.05, 4.69) is 17.2 Å². The van der Waals surface area contributed by atoms with Crippen molar-refractivity contribution in [3.8, 4) is 11.8 Å². The van der Waals surface area contributed by atoms with Crippen LogP contribution in [-0.4, -0.2) is 12.5 Å². The molecule has 2 rings (SSSR count). The first-order valence-corrected chi connectivity index (χ1v) is 6.56. The fraction of sp³-hybridized carbons (Fsp3) is 0.167. The minimum atomic E-state index is -0.0875. The smallest absolute Gasteiger partial charge is 0.252 e. The molecule has 0 heterocycles. The van der Waals surface area contributed by atoms with Gasteiger partial charge in [0.05, 0.1) is 6.54 Å². The topological polar surface area (TPSA) is 29.1 Å². The van der Waals surface area contributed by atoms with Crippen molar-refractivity contribution in [2.24, 2.45) is 0 Å². The van der Waals surface area contributed by atoms with E-state index in [-0.39, 0.29) is 5.91 Å². The molecule has 0 atom stereocenters. The zero-order chi connectivity index (χ0) is 14.4. The maximum Gasteiger partial charge on any atom is 0.252 e. The van der Waals surface area contributed by atoms with Gasteiger partial charge in [-0.3, -0.25) is 4.79 Å². The monoisotopic (exact) mass is 263 g/mol. The molecule has 2 aromatic carbocycles. The number of amides is 1. The molecule has 0 aliphatic carbocycles. The quantitative estimate of drug-likeness (QED) is 0.829. The molecule has 1 amide bonds. The molecule has 0 saturated carbocycles. The summed E-state index contributed by atoms with van der Waals surface area (Å²) >= 11 is 0. The Balaban J connectivity index is 1.93. The first-order chi connectivity index (χ1) is 9.66. The van der Waals surface area contributed by atoms with Crippen molar-refractivity contribution in [3.63, 3.8) is 0 Å². The second-order valence-electron chi connectivity index (χ2n) is 4.65. The van der Waals surface area contributed by atoms with Crippen LogP contribution in [0.25, 0.3) is 0 Å². The summed E-state index contributed by atoms with van der Waals surface area (Å²) in [5.74, 6) is 5.87. The van der Waals surface area contributed by atoms with Gasteiger partial charge in [0.15, 0.2) is 0 Å². The van der Waals surface area contributed by atoms with Gasteiger partial charge in [0, 0.05) is 11.1 Å². The number of carbonyl (C=O) groups is 1. The van der Waals surface area contributed by atoms with Gasteiger partial charge in [-0.05, 0) is 49.2 Å². The zero-order valence-corrected chi connectivity index (χ0v) is 11.7. The first-order valence-electron chi connectivity index (χ1n) is 6.56. The summed E-state index contributed by atoms with van der Waals surface area (Å²) in [6.07, 6.45) is 0. The van der Waals surface area contributed by atoms with E-state index in [0.29, 0.717) is 12.1 Å². The average Bonchev–Trinajstić information content (AvgIpc) is 2.47. The minimum absolute atomic E-state index is 0.0875. The highest BCUT2D eigenvalue weighted by Gasteiger charge is 2.04. The Labute approximate surface area is 119 Å². The van der Waals surface area contributed by atoms with Crippen LogP contribution in [-0.2, 0) is 0 Å². The van der Waals surface area contributed by atoms with Crippen LogP contribution in [0.4, 0.5) is 0 Å². The van der Waals surface area contributed by atoms with Gasteiger partial charge in [0.25, 0.3) is 5.91 Å². The van der Waals surface area contributed by atoms with Crippen molar-refractivity contribution in [1.82, 2.24) is 5.32 Å². The van der Waals surface area contributed by atoms with Gasteiger partial charge in [-0.25, -0.2) is 0 Å². The van der Waals surface area contributed by atoms with E-state index in [1.54, 1.807) is 0 Å². The van der Waals surface area contributed by atoms with Gasteiger partial charge >= 0.3 is 0 Å². The van der Waals surface area contributed by atoms with Gasteiger partial charge in [-0.2, -0.15) is 0 Å². The molecule has 0 fully saturated rings. The number of hydrogen-bond acceptors (Lipinski definition) is 1. The predicted molar refractivity (Wildman–Crippen MR) is 81.6 cm³/mol. The van der Waals surface area contributed by atoms with Crippen molar-refractivity contribution in [2.45, 2.75) is 13.8 Å². The Morgan fingerprint density at radius 1 is 1.05 bits per heavy atom. The van der Waals surface area contributed by atoms with Crippen LogP contribution >= 0.6 is 0 Å². The molecule has 2 aromatic rings. The Hall–Kier alpha value is -2.53. The Kier molecular flexibility index (Phi) is 4.57. The van der Waals surface area contributed by atoms with Gasteiger partial charge < -0.3 is 5.32 Å². The van der Waals surface area contributed by atoms with Gasteiger partial charge in [0.1, 0.15) is 0 Å². The summed E-state index contributed by atoms with van der Waals surface area (Å²) in [5.41, 5.74) is 3.93. The molecule has 0 bridgehead atoms. The highest BCUT2D eigenvalue weighted by molar-refractivity contribution is 5.94. The van der Waals surface area contributed by atoms with Gasteiger partial charge in [0.2, 0.25) is 0 Å². The van der Waals surface area contributed by atoms with Crippen LogP contribution in [0.1, 0.15) is 27.0 Å². The molecule has 0 unspecified atom stereocenters. The fourth-order valence-electron chi connectivity index (χ4n) is 1.78. The van der Waals surface area contributed by atoms with Crippen LogP contribution in [0.3, 0.4) is 0 Å².